The number of nitrogens with zero attached hydrogens (tertiary/aromatic N) is 1. The Morgan fingerprint density at radius 1 is 1.16 bits per heavy atom. The minimum atomic E-state index is -3.90. The van der Waals surface area contributed by atoms with E-state index in [4.69, 9.17) is 16.3 Å². The topological polar surface area (TPSA) is 114 Å². The molecule has 0 bridgehead atoms. The number of hydrogen-bond donors (Lipinski definition) is 1. The lowest BCUT2D eigenvalue weighted by atomic mass is 10.0. The molecule has 2 rings (SSSR count). The van der Waals surface area contributed by atoms with Gasteiger partial charge in [-0.3, -0.25) is 9.59 Å². The van der Waals surface area contributed by atoms with Crippen LogP contribution in [0.3, 0.4) is 0 Å². The SMILES string of the molecule is CCN(CC)S(=O)(=O)c1cc(C(=O)OC(C)C(=O)c2[nH]c(C)c(C(C)=O)c2C)ccc1Cl. The number of hydrogen-bond acceptors (Lipinski definition) is 6. The van der Waals surface area contributed by atoms with Gasteiger partial charge in [0, 0.05) is 24.3 Å². The number of benzene rings is 1. The average Bonchev–Trinajstić information content (AvgIpc) is 3.02. The van der Waals surface area contributed by atoms with E-state index in [9.17, 15) is 22.8 Å². The number of aryl methyl sites for hydroxylation is 1. The van der Waals surface area contributed by atoms with Gasteiger partial charge in [0.1, 0.15) is 4.90 Å². The molecule has 0 spiro atoms. The van der Waals surface area contributed by atoms with Crippen LogP contribution in [-0.4, -0.2) is 54.4 Å². The number of H-pyrrole nitrogens is 1. The minimum absolute atomic E-state index is 0.0215. The number of halogens is 1. The molecular formula is C22H27ClN2O6S. The molecule has 1 aromatic heterocycles. The van der Waals surface area contributed by atoms with E-state index in [1.54, 1.807) is 27.7 Å². The highest BCUT2D eigenvalue weighted by Crippen LogP contribution is 2.27. The number of ether oxygens (including phenoxy) is 1. The Kier molecular flexibility index (Phi) is 8.03. The van der Waals surface area contributed by atoms with Crippen molar-refractivity contribution in [3.8, 4) is 0 Å². The molecule has 0 aliphatic heterocycles. The molecule has 0 aliphatic rings. The molecule has 0 amide bonds. The van der Waals surface area contributed by atoms with E-state index in [-0.39, 0.29) is 40.0 Å². The number of esters is 1. The zero-order valence-corrected chi connectivity index (χ0v) is 20.5. The monoisotopic (exact) mass is 482 g/mol. The van der Waals surface area contributed by atoms with Crippen molar-refractivity contribution in [1.82, 2.24) is 9.29 Å². The molecule has 1 aromatic carbocycles. The Bertz CT molecular complexity index is 1170. The van der Waals surface area contributed by atoms with Crippen LogP contribution in [0, 0.1) is 13.8 Å². The van der Waals surface area contributed by atoms with E-state index >= 15 is 0 Å². The number of nitrogens with one attached hydrogen (secondary N) is 1. The van der Waals surface area contributed by atoms with Gasteiger partial charge in [0.2, 0.25) is 15.8 Å². The van der Waals surface area contributed by atoms with Crippen LogP contribution in [0.2, 0.25) is 5.02 Å². The lowest BCUT2D eigenvalue weighted by Gasteiger charge is -2.19. The van der Waals surface area contributed by atoms with Crippen LogP contribution >= 0.6 is 11.6 Å². The van der Waals surface area contributed by atoms with Crippen molar-refractivity contribution in [2.24, 2.45) is 0 Å². The molecule has 1 heterocycles. The van der Waals surface area contributed by atoms with Gasteiger partial charge in [-0.15, -0.1) is 0 Å². The quantitative estimate of drug-likeness (QED) is 0.427. The summed E-state index contributed by atoms with van der Waals surface area (Å²) < 4.78 is 32.2. The lowest BCUT2D eigenvalue weighted by molar-refractivity contribution is 0.0316. The van der Waals surface area contributed by atoms with Gasteiger partial charge < -0.3 is 9.72 Å². The maximum Gasteiger partial charge on any atom is 0.338 e. The first-order chi connectivity index (χ1) is 14.9. The Labute approximate surface area is 192 Å². The number of carbonyl (C=O) groups is 3. The second-order valence-electron chi connectivity index (χ2n) is 7.33. The van der Waals surface area contributed by atoms with Crippen molar-refractivity contribution in [3.05, 3.63) is 51.3 Å². The molecule has 0 saturated carbocycles. The van der Waals surface area contributed by atoms with Crippen molar-refractivity contribution in [2.75, 3.05) is 13.1 Å². The zero-order valence-electron chi connectivity index (χ0n) is 18.9. The fraction of sp³-hybridized carbons (Fsp3) is 0.409. The van der Waals surface area contributed by atoms with Crippen LogP contribution < -0.4 is 0 Å². The van der Waals surface area contributed by atoms with Crippen molar-refractivity contribution < 1.29 is 27.5 Å². The highest BCUT2D eigenvalue weighted by Gasteiger charge is 2.28. The third-order valence-electron chi connectivity index (χ3n) is 5.18. The van der Waals surface area contributed by atoms with E-state index in [2.05, 4.69) is 4.98 Å². The molecule has 0 aliphatic carbocycles. The number of carbonyl (C=O) groups excluding carboxylic acids is 3. The average molecular weight is 483 g/mol. The summed E-state index contributed by atoms with van der Waals surface area (Å²) in [6.07, 6.45) is -1.17. The van der Waals surface area contributed by atoms with Crippen molar-refractivity contribution >= 4 is 39.2 Å². The molecule has 2 aromatic rings. The smallest absolute Gasteiger partial charge is 0.338 e. The highest BCUT2D eigenvalue weighted by molar-refractivity contribution is 7.89. The van der Waals surface area contributed by atoms with Gasteiger partial charge in [0.05, 0.1) is 16.3 Å². The summed E-state index contributed by atoms with van der Waals surface area (Å²) in [4.78, 5) is 40.0. The van der Waals surface area contributed by atoms with E-state index in [1.165, 1.54) is 30.3 Å². The van der Waals surface area contributed by atoms with Gasteiger partial charge in [-0.25, -0.2) is 13.2 Å². The van der Waals surface area contributed by atoms with Crippen LogP contribution in [0.5, 0.6) is 0 Å². The second kappa shape index (κ2) is 9.97. The Hall–Kier alpha value is -2.49. The number of aromatic nitrogens is 1. The van der Waals surface area contributed by atoms with E-state index in [1.807, 2.05) is 0 Å². The fourth-order valence-corrected chi connectivity index (χ4v) is 5.50. The molecule has 1 unspecified atom stereocenters. The molecular weight excluding hydrogens is 456 g/mol. The molecule has 8 nitrogen and oxygen atoms in total. The maximum absolute atomic E-state index is 12.8. The van der Waals surface area contributed by atoms with Gasteiger partial charge in [-0.2, -0.15) is 4.31 Å². The number of Topliss-reactive ketones (excluding diaryl/α,β-unsaturated/α-hetero) is 2. The number of aromatic amines is 1. The molecule has 0 fully saturated rings. The third-order valence-corrected chi connectivity index (χ3v) is 7.71. The van der Waals surface area contributed by atoms with Crippen molar-refractivity contribution in [3.63, 3.8) is 0 Å². The summed E-state index contributed by atoms with van der Waals surface area (Å²) in [6, 6.07) is 3.78. The van der Waals surface area contributed by atoms with Gasteiger partial charge >= 0.3 is 5.97 Å². The van der Waals surface area contributed by atoms with Gasteiger partial charge in [-0.1, -0.05) is 25.4 Å². The van der Waals surface area contributed by atoms with E-state index < -0.39 is 27.9 Å². The van der Waals surface area contributed by atoms with Crippen LogP contribution in [0.4, 0.5) is 0 Å². The first-order valence-electron chi connectivity index (χ1n) is 10.1. The molecule has 10 heteroatoms. The van der Waals surface area contributed by atoms with Crippen molar-refractivity contribution in [1.29, 1.82) is 0 Å². The molecule has 0 saturated heterocycles. The summed E-state index contributed by atoms with van der Waals surface area (Å²) in [5.74, 6) is -1.55. The Balaban J connectivity index is 2.31. The summed E-state index contributed by atoms with van der Waals surface area (Å²) in [5, 5.41) is -0.0215. The first-order valence-corrected chi connectivity index (χ1v) is 11.9. The summed E-state index contributed by atoms with van der Waals surface area (Å²) in [7, 11) is -3.90. The lowest BCUT2D eigenvalue weighted by Crippen LogP contribution is -2.31. The maximum atomic E-state index is 12.8. The van der Waals surface area contributed by atoms with Crippen LogP contribution in [0.25, 0.3) is 0 Å². The largest absolute Gasteiger partial charge is 0.451 e. The van der Waals surface area contributed by atoms with E-state index in [0.717, 1.165) is 6.07 Å². The highest BCUT2D eigenvalue weighted by atomic mass is 35.5. The first kappa shape index (κ1) is 25.8. The van der Waals surface area contributed by atoms with Crippen LogP contribution in [0.15, 0.2) is 23.1 Å². The second-order valence-corrected chi connectivity index (χ2v) is 9.64. The third kappa shape index (κ3) is 4.95. The standard InChI is InChI=1S/C22H27ClN2O6S/c1-7-25(8-2)32(29,30)18-11-16(9-10-17(18)23)22(28)31-15(6)21(27)20-12(3)19(14(5)26)13(4)24-20/h9-11,15,24H,7-8H2,1-6H3. The Morgan fingerprint density at radius 3 is 2.25 bits per heavy atom. The summed E-state index contributed by atoms with van der Waals surface area (Å²) >= 11 is 6.10. The molecule has 0 radical (unpaired) electrons. The molecule has 32 heavy (non-hydrogen) atoms. The predicted octanol–water partition coefficient (Wildman–Crippen LogP) is 3.95. The normalized spacial score (nSPS) is 12.6. The van der Waals surface area contributed by atoms with Crippen LogP contribution in [0.1, 0.15) is 70.2 Å². The summed E-state index contributed by atoms with van der Waals surface area (Å²) in [5.41, 5.74) is 1.61. The predicted molar refractivity (Wildman–Crippen MR) is 121 cm³/mol. The van der Waals surface area contributed by atoms with Crippen molar-refractivity contribution in [2.45, 2.75) is 52.5 Å². The fourth-order valence-electron chi connectivity index (χ4n) is 3.54. The molecule has 1 N–H and O–H groups in total. The molecule has 1 atom stereocenters. The van der Waals surface area contributed by atoms with Gasteiger partial charge in [0.25, 0.3) is 0 Å². The summed E-state index contributed by atoms with van der Waals surface area (Å²) in [6.45, 7) is 10.0. The Morgan fingerprint density at radius 2 is 1.75 bits per heavy atom. The number of ketones is 2. The number of sulfonamides is 1. The number of rotatable bonds is 9. The van der Waals surface area contributed by atoms with Crippen LogP contribution in [-0.2, 0) is 14.8 Å². The molecule has 174 valence electrons. The van der Waals surface area contributed by atoms with Gasteiger partial charge in [-0.05, 0) is 51.5 Å². The minimum Gasteiger partial charge on any atom is -0.451 e. The zero-order chi connectivity index (χ0) is 24.4. The van der Waals surface area contributed by atoms with E-state index in [0.29, 0.717) is 16.8 Å². The van der Waals surface area contributed by atoms with Gasteiger partial charge in [0.15, 0.2) is 11.9 Å².